The Kier molecular flexibility index (Phi) is 5.71. The summed E-state index contributed by atoms with van der Waals surface area (Å²) >= 11 is 0. The monoisotopic (exact) mass is 399 g/mol. The van der Waals surface area contributed by atoms with Crippen molar-refractivity contribution in [1.29, 1.82) is 0 Å². The van der Waals surface area contributed by atoms with Crippen LogP contribution in [-0.4, -0.2) is 29.0 Å². The second-order valence-electron chi connectivity index (χ2n) is 8.51. The van der Waals surface area contributed by atoms with E-state index >= 15 is 0 Å². The topological polar surface area (TPSA) is 97.8 Å². The Morgan fingerprint density at radius 3 is 2.52 bits per heavy atom. The highest BCUT2D eigenvalue weighted by molar-refractivity contribution is 5.80. The minimum Gasteiger partial charge on any atom is -0.465 e. The fraction of sp³-hybridized carbons (Fsp3) is 0.455. The molecule has 3 atom stereocenters. The zero-order valence-electron chi connectivity index (χ0n) is 17.3. The van der Waals surface area contributed by atoms with Crippen LogP contribution in [-0.2, 0) is 15.2 Å². The average molecular weight is 399 g/mol. The molecule has 0 aliphatic carbocycles. The molecule has 1 aromatic heterocycles. The first-order chi connectivity index (χ1) is 13.6. The fourth-order valence-corrected chi connectivity index (χ4v) is 3.67. The molecular weight excluding hydrogens is 370 g/mol. The molecule has 0 radical (unpaired) electrons. The van der Waals surface area contributed by atoms with E-state index in [0.29, 0.717) is 12.3 Å². The summed E-state index contributed by atoms with van der Waals surface area (Å²) in [7, 11) is 0. The molecule has 0 spiro atoms. The van der Waals surface area contributed by atoms with Crippen molar-refractivity contribution in [3.63, 3.8) is 0 Å². The number of benzene rings is 1. The predicted molar refractivity (Wildman–Crippen MR) is 109 cm³/mol. The molecule has 0 saturated carbocycles. The van der Waals surface area contributed by atoms with Crippen LogP contribution in [0.5, 0.6) is 0 Å². The molecule has 2 aromatic rings. The molecule has 7 heteroatoms. The molecule has 1 aliphatic rings. The van der Waals surface area contributed by atoms with Gasteiger partial charge in [0.05, 0.1) is 12.3 Å². The number of rotatable bonds is 5. The first-order valence-electron chi connectivity index (χ1n) is 9.78. The number of carbonyl (C=O) groups excluding carboxylic acids is 2. The van der Waals surface area contributed by atoms with Gasteiger partial charge >= 0.3 is 6.09 Å². The second-order valence-corrected chi connectivity index (χ2v) is 8.51. The summed E-state index contributed by atoms with van der Waals surface area (Å²) in [4.78, 5) is 27.1. The third kappa shape index (κ3) is 4.62. The third-order valence-electron chi connectivity index (χ3n) is 5.19. The molecule has 0 bridgehead atoms. The Labute approximate surface area is 171 Å². The summed E-state index contributed by atoms with van der Waals surface area (Å²) in [5.74, 6) is -0.00562. The summed E-state index contributed by atoms with van der Waals surface area (Å²) in [6, 6.07) is 13.1. The molecule has 1 aromatic carbocycles. The number of alkyl carbamates (subject to hydrolysis) is 1. The lowest BCUT2D eigenvalue weighted by molar-refractivity contribution is -0.129. The number of nitrogens with zero attached hydrogens (tertiary/aromatic N) is 1. The van der Waals surface area contributed by atoms with Crippen molar-refractivity contribution in [3.8, 4) is 0 Å². The maximum absolute atomic E-state index is 12.8. The molecule has 29 heavy (non-hydrogen) atoms. The first-order valence-corrected chi connectivity index (χ1v) is 9.78. The molecule has 2 unspecified atom stereocenters. The van der Waals surface area contributed by atoms with Gasteiger partial charge in [0.15, 0.2) is 5.66 Å². The van der Waals surface area contributed by atoms with E-state index in [2.05, 4.69) is 5.32 Å². The van der Waals surface area contributed by atoms with Crippen LogP contribution in [0, 0.1) is 5.92 Å². The Hall–Kier alpha value is -2.80. The predicted octanol–water partition coefficient (Wildman–Crippen LogP) is 3.53. The van der Waals surface area contributed by atoms with Gasteiger partial charge in [0.25, 0.3) is 0 Å². The largest absolute Gasteiger partial charge is 0.465 e. The van der Waals surface area contributed by atoms with Gasteiger partial charge in [0.1, 0.15) is 11.4 Å². The van der Waals surface area contributed by atoms with Gasteiger partial charge in [-0.05, 0) is 45.4 Å². The number of hydrogen-bond acceptors (Lipinski definition) is 5. The third-order valence-corrected chi connectivity index (χ3v) is 5.19. The molecule has 3 N–H and O–H groups in total. The minimum atomic E-state index is -1.37. The van der Waals surface area contributed by atoms with E-state index in [0.717, 1.165) is 5.56 Å². The second kappa shape index (κ2) is 7.91. The number of ether oxygens (including phenoxy) is 1. The zero-order valence-corrected chi connectivity index (χ0v) is 17.3. The van der Waals surface area contributed by atoms with E-state index in [4.69, 9.17) is 14.9 Å². The van der Waals surface area contributed by atoms with Crippen molar-refractivity contribution in [2.45, 2.75) is 51.4 Å². The van der Waals surface area contributed by atoms with Crippen LogP contribution < -0.4 is 11.1 Å². The van der Waals surface area contributed by atoms with Crippen LogP contribution in [0.2, 0.25) is 0 Å². The number of hydrogen-bond donors (Lipinski definition) is 2. The molecule has 2 amide bonds. The molecule has 1 fully saturated rings. The molecule has 1 aliphatic heterocycles. The van der Waals surface area contributed by atoms with Crippen LogP contribution in [0.4, 0.5) is 4.79 Å². The van der Waals surface area contributed by atoms with Crippen molar-refractivity contribution in [2.24, 2.45) is 11.7 Å². The van der Waals surface area contributed by atoms with Gasteiger partial charge in [-0.25, -0.2) is 4.79 Å². The summed E-state index contributed by atoms with van der Waals surface area (Å²) in [6.07, 6.45) is 1.04. The van der Waals surface area contributed by atoms with Gasteiger partial charge < -0.3 is 19.8 Å². The quantitative estimate of drug-likeness (QED) is 0.750. The van der Waals surface area contributed by atoms with E-state index in [9.17, 15) is 9.59 Å². The fourth-order valence-electron chi connectivity index (χ4n) is 3.67. The lowest BCUT2D eigenvalue weighted by Crippen LogP contribution is -2.59. The summed E-state index contributed by atoms with van der Waals surface area (Å²) in [6.45, 7) is 7.71. The van der Waals surface area contributed by atoms with E-state index < -0.39 is 17.4 Å². The maximum Gasteiger partial charge on any atom is 0.409 e. The highest BCUT2D eigenvalue weighted by atomic mass is 16.6. The molecule has 2 heterocycles. The minimum absolute atomic E-state index is 0.0151. The highest BCUT2D eigenvalue weighted by Gasteiger charge is 2.48. The van der Waals surface area contributed by atoms with E-state index in [1.807, 2.05) is 37.3 Å². The van der Waals surface area contributed by atoms with E-state index in [1.165, 1.54) is 6.26 Å². The van der Waals surface area contributed by atoms with Gasteiger partial charge in [0, 0.05) is 18.9 Å². The van der Waals surface area contributed by atoms with Gasteiger partial charge in [-0.1, -0.05) is 30.3 Å². The highest BCUT2D eigenvalue weighted by Crippen LogP contribution is 2.37. The van der Waals surface area contributed by atoms with Gasteiger partial charge in [0.2, 0.25) is 5.91 Å². The molecule has 156 valence electrons. The molecule has 7 nitrogen and oxygen atoms in total. The SMILES string of the molecule is CC(c1ccccc1)N1CC([C@@](N)(NC(=O)OC(C)(C)C)c2ccco2)CC1=O. The Morgan fingerprint density at radius 2 is 1.93 bits per heavy atom. The van der Waals surface area contributed by atoms with Gasteiger partial charge in [-0.3, -0.25) is 10.1 Å². The van der Waals surface area contributed by atoms with Crippen molar-refractivity contribution < 1.29 is 18.7 Å². The molecule has 3 rings (SSSR count). The lowest BCUT2D eigenvalue weighted by Gasteiger charge is -2.35. The number of likely N-dealkylation sites (tertiary alicyclic amines) is 1. The summed E-state index contributed by atoms with van der Waals surface area (Å²) in [5.41, 5.74) is 5.67. The standard InChI is InChI=1S/C22H29N3O4/c1-15(16-9-6-5-7-10-16)25-14-17(13-19(25)26)22(23,18-11-8-12-28-18)24-20(27)29-21(2,3)4/h5-12,15,17H,13-14,23H2,1-4H3,(H,24,27)/t15?,17?,22-/m1/s1. The number of nitrogens with one attached hydrogen (secondary N) is 1. The first kappa shape index (κ1) is 20.9. The smallest absolute Gasteiger partial charge is 0.409 e. The summed E-state index contributed by atoms with van der Waals surface area (Å²) in [5, 5.41) is 2.76. The van der Waals surface area contributed by atoms with Crippen molar-refractivity contribution in [3.05, 3.63) is 60.1 Å². The van der Waals surface area contributed by atoms with E-state index in [1.54, 1.807) is 37.8 Å². The van der Waals surface area contributed by atoms with Crippen LogP contribution in [0.1, 0.15) is 51.5 Å². The van der Waals surface area contributed by atoms with Crippen molar-refractivity contribution in [2.75, 3.05) is 6.54 Å². The number of furan rings is 1. The number of amides is 2. The van der Waals surface area contributed by atoms with Crippen LogP contribution in [0.25, 0.3) is 0 Å². The zero-order chi connectivity index (χ0) is 21.2. The number of nitrogens with two attached hydrogens (primary N) is 1. The molecule has 1 saturated heterocycles. The van der Waals surface area contributed by atoms with E-state index in [-0.39, 0.29) is 24.3 Å². The number of carbonyl (C=O) groups is 2. The lowest BCUT2D eigenvalue weighted by atomic mass is 9.89. The van der Waals surface area contributed by atoms with Crippen LogP contribution in [0.3, 0.4) is 0 Å². The Bertz CT molecular complexity index is 845. The van der Waals surface area contributed by atoms with Gasteiger partial charge in [-0.2, -0.15) is 0 Å². The van der Waals surface area contributed by atoms with Crippen LogP contribution >= 0.6 is 0 Å². The Balaban J connectivity index is 1.84. The average Bonchev–Trinajstić information content (AvgIpc) is 3.30. The normalized spacial score (nSPS) is 20.2. The molecular formula is C22H29N3O4. The summed E-state index contributed by atoms with van der Waals surface area (Å²) < 4.78 is 10.9. The Morgan fingerprint density at radius 1 is 1.24 bits per heavy atom. The van der Waals surface area contributed by atoms with Crippen molar-refractivity contribution >= 4 is 12.0 Å². The van der Waals surface area contributed by atoms with Crippen molar-refractivity contribution in [1.82, 2.24) is 10.2 Å². The van der Waals surface area contributed by atoms with Gasteiger partial charge in [-0.15, -0.1) is 0 Å². The maximum atomic E-state index is 12.8. The van der Waals surface area contributed by atoms with Crippen LogP contribution in [0.15, 0.2) is 53.1 Å².